The van der Waals surface area contributed by atoms with Crippen LogP contribution in [0.25, 0.3) is 10.9 Å². The summed E-state index contributed by atoms with van der Waals surface area (Å²) in [5.74, 6) is 0.149. The van der Waals surface area contributed by atoms with Crippen LogP contribution in [-0.4, -0.2) is 37.9 Å². The highest BCUT2D eigenvalue weighted by atomic mass is 16.2. The Labute approximate surface area is 160 Å². The van der Waals surface area contributed by atoms with Crippen LogP contribution in [0.2, 0.25) is 0 Å². The van der Waals surface area contributed by atoms with Crippen molar-refractivity contribution in [1.29, 1.82) is 0 Å². The van der Waals surface area contributed by atoms with Crippen molar-refractivity contribution in [3.63, 3.8) is 0 Å². The van der Waals surface area contributed by atoms with Gasteiger partial charge in [-0.05, 0) is 63.6 Å². The number of rotatable bonds is 4. The molecule has 1 amide bonds. The lowest BCUT2D eigenvalue weighted by Crippen LogP contribution is -2.44. The maximum atomic E-state index is 13.4. The number of aromatic nitrogens is 3. The van der Waals surface area contributed by atoms with E-state index in [9.17, 15) is 4.79 Å². The third kappa shape index (κ3) is 3.38. The Bertz CT molecular complexity index is 955. The first kappa shape index (κ1) is 17.8. The van der Waals surface area contributed by atoms with Gasteiger partial charge < -0.3 is 14.5 Å². The minimum absolute atomic E-state index is 0.149. The monoisotopic (exact) mass is 364 g/mol. The van der Waals surface area contributed by atoms with Crippen LogP contribution in [0.4, 0.5) is 0 Å². The third-order valence-corrected chi connectivity index (χ3v) is 5.89. The summed E-state index contributed by atoms with van der Waals surface area (Å²) >= 11 is 0. The van der Waals surface area contributed by atoms with E-state index >= 15 is 0 Å². The van der Waals surface area contributed by atoms with Crippen LogP contribution in [0.3, 0.4) is 0 Å². The van der Waals surface area contributed by atoms with E-state index in [-0.39, 0.29) is 5.91 Å². The molecule has 0 spiro atoms. The smallest absolute Gasteiger partial charge is 0.270 e. The molecule has 1 N–H and O–H groups in total. The lowest BCUT2D eigenvalue weighted by molar-refractivity contribution is 0.0589. The molecule has 1 aliphatic rings. The second kappa shape index (κ2) is 7.22. The van der Waals surface area contributed by atoms with Gasteiger partial charge in [-0.15, -0.1) is 0 Å². The van der Waals surface area contributed by atoms with Gasteiger partial charge in [0.1, 0.15) is 5.69 Å². The Hall–Kier alpha value is -2.56. The van der Waals surface area contributed by atoms with Crippen LogP contribution in [0.1, 0.15) is 52.9 Å². The van der Waals surface area contributed by atoms with Gasteiger partial charge in [0.25, 0.3) is 5.91 Å². The fraction of sp³-hybridized carbons (Fsp3) is 0.455. The third-order valence-electron chi connectivity index (χ3n) is 5.89. The van der Waals surface area contributed by atoms with Crippen molar-refractivity contribution in [3.05, 3.63) is 53.2 Å². The van der Waals surface area contributed by atoms with E-state index in [0.717, 1.165) is 49.1 Å². The van der Waals surface area contributed by atoms with E-state index in [0.29, 0.717) is 6.04 Å². The number of carbonyl (C=O) groups excluding carboxylic acids is 1. The number of hydrogen-bond acceptors (Lipinski definition) is 2. The second-order valence-electron chi connectivity index (χ2n) is 7.87. The average molecular weight is 364 g/mol. The summed E-state index contributed by atoms with van der Waals surface area (Å²) in [6.07, 6.45) is 9.98. The van der Waals surface area contributed by atoms with E-state index in [4.69, 9.17) is 0 Å². The Kier molecular flexibility index (Phi) is 4.77. The van der Waals surface area contributed by atoms with Crippen molar-refractivity contribution >= 4 is 16.8 Å². The summed E-state index contributed by atoms with van der Waals surface area (Å²) in [5, 5.41) is 1.17. The molecule has 1 saturated heterocycles. The molecule has 0 bridgehead atoms. The predicted molar refractivity (Wildman–Crippen MR) is 108 cm³/mol. The largest absolute Gasteiger partial charge is 0.350 e. The zero-order valence-electron chi connectivity index (χ0n) is 16.5. The van der Waals surface area contributed by atoms with Gasteiger partial charge >= 0.3 is 0 Å². The maximum Gasteiger partial charge on any atom is 0.270 e. The molecule has 0 radical (unpaired) electrons. The van der Waals surface area contributed by atoms with Crippen molar-refractivity contribution < 1.29 is 4.79 Å². The van der Waals surface area contributed by atoms with Crippen molar-refractivity contribution in [1.82, 2.24) is 19.4 Å². The van der Waals surface area contributed by atoms with Crippen molar-refractivity contribution in [2.75, 3.05) is 6.54 Å². The summed E-state index contributed by atoms with van der Waals surface area (Å²) in [4.78, 5) is 23.1. The van der Waals surface area contributed by atoms with Gasteiger partial charge in [0, 0.05) is 42.4 Å². The normalized spacial score (nSPS) is 17.6. The highest BCUT2D eigenvalue weighted by molar-refractivity contribution is 6.02. The fourth-order valence-electron chi connectivity index (χ4n) is 4.43. The Morgan fingerprint density at radius 1 is 1.26 bits per heavy atom. The summed E-state index contributed by atoms with van der Waals surface area (Å²) in [5.41, 5.74) is 5.35. The number of aromatic amines is 1. The lowest BCUT2D eigenvalue weighted by Gasteiger charge is -2.36. The highest BCUT2D eigenvalue weighted by Crippen LogP contribution is 2.29. The summed E-state index contributed by atoms with van der Waals surface area (Å²) in [7, 11) is 0. The first-order valence-electron chi connectivity index (χ1n) is 9.91. The van der Waals surface area contributed by atoms with Crippen LogP contribution >= 0.6 is 0 Å². The van der Waals surface area contributed by atoms with Crippen LogP contribution in [0, 0.1) is 20.8 Å². The van der Waals surface area contributed by atoms with Crippen LogP contribution in [0.5, 0.6) is 0 Å². The molecular formula is C22H28N4O. The molecule has 3 heterocycles. The van der Waals surface area contributed by atoms with Gasteiger partial charge in [-0.3, -0.25) is 4.79 Å². The quantitative estimate of drug-likeness (QED) is 0.747. The van der Waals surface area contributed by atoms with E-state index in [1.165, 1.54) is 22.9 Å². The summed E-state index contributed by atoms with van der Waals surface area (Å²) in [6, 6.07) is 4.64. The molecule has 1 aliphatic heterocycles. The molecular weight excluding hydrogens is 336 g/mol. The number of aryl methyl sites for hydroxylation is 4. The lowest BCUT2D eigenvalue weighted by atomic mass is 9.98. The molecule has 5 heteroatoms. The van der Waals surface area contributed by atoms with Gasteiger partial charge in [-0.25, -0.2) is 4.98 Å². The number of hydrogen-bond donors (Lipinski definition) is 1. The molecule has 142 valence electrons. The predicted octanol–water partition coefficient (Wildman–Crippen LogP) is 4.37. The zero-order chi connectivity index (χ0) is 19.0. The van der Waals surface area contributed by atoms with Gasteiger partial charge in [0.15, 0.2) is 0 Å². The molecule has 2 aromatic heterocycles. The average Bonchev–Trinajstić information content (AvgIpc) is 3.28. The van der Waals surface area contributed by atoms with E-state index in [2.05, 4.69) is 52.3 Å². The molecule has 1 fully saturated rings. The number of amides is 1. The molecule has 1 atom stereocenters. The SMILES string of the molecule is Cc1cc(C)c2[nH]c(C(=O)N3CCCC[C@H]3CCn3ccnc3)c(C)c2c1. The van der Waals surface area contributed by atoms with E-state index < -0.39 is 0 Å². The van der Waals surface area contributed by atoms with Crippen molar-refractivity contribution in [2.45, 2.75) is 59.0 Å². The fourth-order valence-corrected chi connectivity index (χ4v) is 4.43. The van der Waals surface area contributed by atoms with Gasteiger partial charge in [0.2, 0.25) is 0 Å². The topological polar surface area (TPSA) is 53.9 Å². The van der Waals surface area contributed by atoms with Crippen LogP contribution in [-0.2, 0) is 6.54 Å². The van der Waals surface area contributed by atoms with Gasteiger partial charge in [-0.1, -0.05) is 11.6 Å². The van der Waals surface area contributed by atoms with Crippen LogP contribution in [0.15, 0.2) is 30.9 Å². The minimum Gasteiger partial charge on any atom is -0.350 e. The Morgan fingerprint density at radius 2 is 2.11 bits per heavy atom. The molecule has 4 rings (SSSR count). The number of nitrogens with one attached hydrogen (secondary N) is 1. The number of benzene rings is 1. The van der Waals surface area contributed by atoms with Crippen LogP contribution < -0.4 is 0 Å². The molecule has 0 unspecified atom stereocenters. The Morgan fingerprint density at radius 3 is 2.89 bits per heavy atom. The van der Waals surface area contributed by atoms with Crippen molar-refractivity contribution in [3.8, 4) is 0 Å². The standard InChI is InChI=1S/C22H28N4O/c1-15-12-16(2)20-19(13-15)17(3)21(24-20)22(27)26-9-5-4-6-18(26)7-10-25-11-8-23-14-25/h8,11-14,18,24H,4-7,9-10H2,1-3H3/t18-/m0/s1. The summed E-state index contributed by atoms with van der Waals surface area (Å²) in [6.45, 7) is 8.03. The number of likely N-dealkylation sites (tertiary alicyclic amines) is 1. The van der Waals surface area contributed by atoms with E-state index in [1.807, 2.05) is 18.7 Å². The van der Waals surface area contributed by atoms with Gasteiger partial charge in [-0.2, -0.15) is 0 Å². The molecule has 1 aromatic carbocycles. The van der Waals surface area contributed by atoms with E-state index in [1.54, 1.807) is 0 Å². The number of fused-ring (bicyclic) bond motifs is 1. The Balaban J connectivity index is 1.61. The number of nitrogens with zero attached hydrogens (tertiary/aromatic N) is 3. The molecule has 3 aromatic rings. The molecule has 27 heavy (non-hydrogen) atoms. The first-order chi connectivity index (χ1) is 13.0. The molecule has 0 aliphatic carbocycles. The summed E-state index contributed by atoms with van der Waals surface area (Å²) < 4.78 is 2.09. The molecule has 0 saturated carbocycles. The minimum atomic E-state index is 0.149. The number of piperidine rings is 1. The first-order valence-corrected chi connectivity index (χ1v) is 9.91. The van der Waals surface area contributed by atoms with Crippen molar-refractivity contribution in [2.24, 2.45) is 0 Å². The maximum absolute atomic E-state index is 13.4. The number of H-pyrrole nitrogens is 1. The number of imidazole rings is 1. The second-order valence-corrected chi connectivity index (χ2v) is 7.87. The molecule has 5 nitrogen and oxygen atoms in total. The number of carbonyl (C=O) groups is 1. The van der Waals surface area contributed by atoms with Gasteiger partial charge in [0.05, 0.1) is 6.33 Å². The zero-order valence-corrected chi connectivity index (χ0v) is 16.5. The highest BCUT2D eigenvalue weighted by Gasteiger charge is 2.29.